The molecule has 0 aromatic carbocycles. The van der Waals surface area contributed by atoms with Crippen LogP contribution in [-0.4, -0.2) is 40.7 Å². The summed E-state index contributed by atoms with van der Waals surface area (Å²) in [5.41, 5.74) is 0. The number of nitrogens with one attached hydrogen (secondary N) is 1. The van der Waals surface area contributed by atoms with Crippen LogP contribution >= 0.6 is 0 Å². The van der Waals surface area contributed by atoms with Crippen LogP contribution in [0.15, 0.2) is 4.52 Å². The van der Waals surface area contributed by atoms with E-state index in [-0.39, 0.29) is 0 Å². The third-order valence-corrected chi connectivity index (χ3v) is 3.00. The standard InChI is InChI=1S/C11H20N4O/c1-4-15(9-5-12-6-9)7-10-13-11(8(2)3)16-14-10/h8-9,12H,4-7H2,1-3H3. The molecule has 1 aromatic rings. The van der Waals surface area contributed by atoms with Gasteiger partial charge in [-0.3, -0.25) is 4.90 Å². The van der Waals surface area contributed by atoms with Gasteiger partial charge in [-0.2, -0.15) is 4.98 Å². The zero-order chi connectivity index (χ0) is 11.5. The molecule has 2 rings (SSSR count). The summed E-state index contributed by atoms with van der Waals surface area (Å²) in [6, 6.07) is 0.631. The molecule has 0 saturated carbocycles. The minimum absolute atomic E-state index is 0.307. The molecule has 16 heavy (non-hydrogen) atoms. The van der Waals surface area contributed by atoms with Crippen LogP contribution in [0.5, 0.6) is 0 Å². The van der Waals surface area contributed by atoms with E-state index in [1.165, 1.54) is 0 Å². The quantitative estimate of drug-likeness (QED) is 0.808. The molecule has 0 aliphatic carbocycles. The molecule has 0 amide bonds. The second kappa shape index (κ2) is 4.93. The smallest absolute Gasteiger partial charge is 0.229 e. The molecule has 1 N–H and O–H groups in total. The fourth-order valence-corrected chi connectivity index (χ4v) is 1.78. The average Bonchev–Trinajstić information content (AvgIpc) is 2.62. The van der Waals surface area contributed by atoms with Gasteiger partial charge in [-0.05, 0) is 6.54 Å². The Bertz CT molecular complexity index is 332. The molecule has 5 heteroatoms. The lowest BCUT2D eigenvalue weighted by Crippen LogP contribution is -2.56. The Kier molecular flexibility index (Phi) is 3.56. The third-order valence-electron chi connectivity index (χ3n) is 3.00. The van der Waals surface area contributed by atoms with Crippen LogP contribution in [0.4, 0.5) is 0 Å². The van der Waals surface area contributed by atoms with Crippen LogP contribution in [0.2, 0.25) is 0 Å². The topological polar surface area (TPSA) is 54.2 Å². The molecule has 1 aliphatic heterocycles. The van der Waals surface area contributed by atoms with Crippen LogP contribution < -0.4 is 5.32 Å². The van der Waals surface area contributed by atoms with Gasteiger partial charge >= 0.3 is 0 Å². The lowest BCUT2D eigenvalue weighted by Gasteiger charge is -2.36. The first-order valence-corrected chi connectivity index (χ1v) is 5.98. The molecule has 90 valence electrons. The van der Waals surface area contributed by atoms with Crippen molar-refractivity contribution in [3.8, 4) is 0 Å². The summed E-state index contributed by atoms with van der Waals surface area (Å²) >= 11 is 0. The van der Waals surface area contributed by atoms with Gasteiger partial charge < -0.3 is 9.84 Å². The Morgan fingerprint density at radius 2 is 2.25 bits per heavy atom. The normalized spacial score (nSPS) is 17.1. The predicted octanol–water partition coefficient (Wildman–Crippen LogP) is 0.987. The van der Waals surface area contributed by atoms with Crippen molar-refractivity contribution >= 4 is 0 Å². The summed E-state index contributed by atoms with van der Waals surface area (Å²) in [6.45, 7) is 10.2. The maximum absolute atomic E-state index is 5.20. The van der Waals surface area contributed by atoms with Crippen molar-refractivity contribution in [2.75, 3.05) is 19.6 Å². The molecule has 0 spiro atoms. The lowest BCUT2D eigenvalue weighted by molar-refractivity contribution is 0.140. The van der Waals surface area contributed by atoms with E-state index in [9.17, 15) is 0 Å². The molecule has 0 radical (unpaired) electrons. The maximum atomic E-state index is 5.20. The molecule has 0 unspecified atom stereocenters. The van der Waals surface area contributed by atoms with Crippen LogP contribution in [0, 0.1) is 0 Å². The Morgan fingerprint density at radius 1 is 1.50 bits per heavy atom. The van der Waals surface area contributed by atoms with Gasteiger partial charge in [-0.1, -0.05) is 25.9 Å². The van der Waals surface area contributed by atoms with Gasteiger partial charge in [0.2, 0.25) is 5.89 Å². The van der Waals surface area contributed by atoms with Gasteiger partial charge in [-0.25, -0.2) is 0 Å². The van der Waals surface area contributed by atoms with Crippen LogP contribution in [-0.2, 0) is 6.54 Å². The SMILES string of the molecule is CCN(Cc1noc(C(C)C)n1)C1CNC1. The zero-order valence-corrected chi connectivity index (χ0v) is 10.2. The number of hydrogen-bond acceptors (Lipinski definition) is 5. The molecule has 0 bridgehead atoms. The second-order valence-corrected chi connectivity index (χ2v) is 4.58. The minimum atomic E-state index is 0.307. The second-order valence-electron chi connectivity index (χ2n) is 4.58. The lowest BCUT2D eigenvalue weighted by atomic mass is 10.1. The van der Waals surface area contributed by atoms with E-state index in [2.05, 4.69) is 41.1 Å². The summed E-state index contributed by atoms with van der Waals surface area (Å²) in [5, 5.41) is 7.30. The first kappa shape index (κ1) is 11.5. The third kappa shape index (κ3) is 2.41. The highest BCUT2D eigenvalue weighted by atomic mass is 16.5. The van der Waals surface area contributed by atoms with Crippen molar-refractivity contribution in [3.63, 3.8) is 0 Å². The first-order valence-electron chi connectivity index (χ1n) is 5.98. The Labute approximate surface area is 96.2 Å². The molecule has 2 heterocycles. The van der Waals surface area contributed by atoms with Gasteiger partial charge in [0.1, 0.15) is 0 Å². The first-order chi connectivity index (χ1) is 7.70. The van der Waals surface area contributed by atoms with Gasteiger partial charge in [0.05, 0.1) is 6.54 Å². The van der Waals surface area contributed by atoms with Crippen LogP contribution in [0.1, 0.15) is 38.4 Å². The zero-order valence-electron chi connectivity index (χ0n) is 10.2. The van der Waals surface area contributed by atoms with Gasteiger partial charge in [0.25, 0.3) is 0 Å². The molecule has 5 nitrogen and oxygen atoms in total. The molecule has 1 saturated heterocycles. The van der Waals surface area contributed by atoms with E-state index in [1.807, 2.05) is 0 Å². The molecular formula is C11H20N4O. The molecule has 1 aliphatic rings. The van der Waals surface area contributed by atoms with E-state index < -0.39 is 0 Å². The summed E-state index contributed by atoms with van der Waals surface area (Å²) in [7, 11) is 0. The van der Waals surface area contributed by atoms with Crippen molar-refractivity contribution < 1.29 is 4.52 Å². The van der Waals surface area contributed by atoms with Crippen molar-refractivity contribution in [3.05, 3.63) is 11.7 Å². The number of aromatic nitrogens is 2. The maximum Gasteiger partial charge on any atom is 0.229 e. The van der Waals surface area contributed by atoms with Crippen molar-refractivity contribution in [1.29, 1.82) is 0 Å². The predicted molar refractivity (Wildman–Crippen MR) is 61.1 cm³/mol. The Hall–Kier alpha value is -0.940. The summed E-state index contributed by atoms with van der Waals surface area (Å²) in [5.74, 6) is 1.84. The number of rotatable bonds is 5. The number of nitrogens with zero attached hydrogens (tertiary/aromatic N) is 3. The number of hydrogen-bond donors (Lipinski definition) is 1. The van der Waals surface area contributed by atoms with E-state index in [4.69, 9.17) is 4.52 Å². The van der Waals surface area contributed by atoms with Gasteiger partial charge in [0, 0.05) is 25.0 Å². The largest absolute Gasteiger partial charge is 0.339 e. The molecular weight excluding hydrogens is 204 g/mol. The summed E-state index contributed by atoms with van der Waals surface area (Å²) in [4.78, 5) is 6.78. The van der Waals surface area contributed by atoms with E-state index >= 15 is 0 Å². The fraction of sp³-hybridized carbons (Fsp3) is 0.818. The minimum Gasteiger partial charge on any atom is -0.339 e. The monoisotopic (exact) mass is 224 g/mol. The van der Waals surface area contributed by atoms with Crippen LogP contribution in [0.3, 0.4) is 0 Å². The highest BCUT2D eigenvalue weighted by Crippen LogP contribution is 2.13. The van der Waals surface area contributed by atoms with E-state index in [0.29, 0.717) is 12.0 Å². The van der Waals surface area contributed by atoms with Crippen LogP contribution in [0.25, 0.3) is 0 Å². The fourth-order valence-electron chi connectivity index (χ4n) is 1.78. The van der Waals surface area contributed by atoms with Gasteiger partial charge in [-0.15, -0.1) is 0 Å². The Balaban J connectivity index is 1.95. The molecule has 1 aromatic heterocycles. The highest BCUT2D eigenvalue weighted by Gasteiger charge is 2.24. The summed E-state index contributed by atoms with van der Waals surface area (Å²) in [6.07, 6.45) is 0. The Morgan fingerprint density at radius 3 is 2.69 bits per heavy atom. The average molecular weight is 224 g/mol. The van der Waals surface area contributed by atoms with E-state index in [1.54, 1.807) is 0 Å². The summed E-state index contributed by atoms with van der Waals surface area (Å²) < 4.78 is 5.20. The van der Waals surface area contributed by atoms with E-state index in [0.717, 1.165) is 37.9 Å². The number of likely N-dealkylation sites (N-methyl/N-ethyl adjacent to an activating group) is 1. The highest BCUT2D eigenvalue weighted by molar-refractivity contribution is 4.93. The molecule has 1 fully saturated rings. The molecule has 0 atom stereocenters. The van der Waals surface area contributed by atoms with Crippen molar-refractivity contribution in [1.82, 2.24) is 20.4 Å². The van der Waals surface area contributed by atoms with Crippen molar-refractivity contribution in [2.45, 2.75) is 39.3 Å². The van der Waals surface area contributed by atoms with Gasteiger partial charge in [0.15, 0.2) is 5.82 Å². The van der Waals surface area contributed by atoms with Crippen molar-refractivity contribution in [2.24, 2.45) is 0 Å².